The summed E-state index contributed by atoms with van der Waals surface area (Å²) in [5.41, 5.74) is 1.07. The van der Waals surface area contributed by atoms with Gasteiger partial charge in [-0.05, 0) is 23.8 Å². The lowest BCUT2D eigenvalue weighted by Gasteiger charge is -1.95. The second kappa shape index (κ2) is 5.78. The van der Waals surface area contributed by atoms with Gasteiger partial charge in [0.1, 0.15) is 10.6 Å². The quantitative estimate of drug-likeness (QED) is 0.613. The maximum Gasteiger partial charge on any atom is 0.261 e. The molecule has 0 saturated carbocycles. The number of nitrogens with zero attached hydrogens (tertiary/aromatic N) is 1. The van der Waals surface area contributed by atoms with Crippen LogP contribution in [-0.4, -0.2) is 11.8 Å². The predicted octanol–water partition coefficient (Wildman–Crippen LogP) is 3.80. The van der Waals surface area contributed by atoms with Crippen molar-refractivity contribution in [2.75, 3.05) is 5.88 Å². The third kappa shape index (κ3) is 3.39. The molecule has 0 bridgehead atoms. The maximum absolute atomic E-state index is 11.1. The van der Waals surface area contributed by atoms with E-state index in [0.717, 1.165) is 10.4 Å². The summed E-state index contributed by atoms with van der Waals surface area (Å²) < 4.78 is 0.686. The molecule has 0 aliphatic heterocycles. The molecule has 0 aliphatic carbocycles. The summed E-state index contributed by atoms with van der Waals surface area (Å²) in [5, 5.41) is 0.705. The van der Waals surface area contributed by atoms with Crippen molar-refractivity contribution in [1.82, 2.24) is 0 Å². The van der Waals surface area contributed by atoms with E-state index in [1.54, 1.807) is 10.3 Å². The highest BCUT2D eigenvalue weighted by Gasteiger charge is 2.02. The number of rotatable bonds is 2. The molecule has 1 aromatic heterocycles. The Morgan fingerprint density at radius 3 is 2.59 bits per heavy atom. The van der Waals surface area contributed by atoms with Crippen LogP contribution in [0.25, 0.3) is 10.4 Å². The number of halogens is 2. The van der Waals surface area contributed by atoms with Gasteiger partial charge < -0.3 is 0 Å². The van der Waals surface area contributed by atoms with Crippen LogP contribution in [0.3, 0.4) is 0 Å². The van der Waals surface area contributed by atoms with E-state index in [1.165, 1.54) is 10.3 Å². The Kier molecular flexibility index (Phi) is 4.34. The van der Waals surface area contributed by atoms with Gasteiger partial charge in [0.05, 0.1) is 0 Å². The molecule has 17 heavy (non-hydrogen) atoms. The molecule has 0 spiro atoms. The first-order valence-electron chi connectivity index (χ1n) is 4.68. The number of hydrogen-bond acceptors (Lipinski definition) is 3. The minimum Gasteiger partial charge on any atom is -0.271 e. The van der Waals surface area contributed by atoms with Crippen LogP contribution in [0.5, 0.6) is 0 Å². The zero-order chi connectivity index (χ0) is 12.3. The van der Waals surface area contributed by atoms with Gasteiger partial charge in [0.15, 0.2) is 0 Å². The lowest BCUT2D eigenvalue weighted by Crippen LogP contribution is -2.01. The summed E-state index contributed by atoms with van der Waals surface area (Å²) in [6, 6.07) is 9.43. The van der Waals surface area contributed by atoms with E-state index in [2.05, 4.69) is 4.99 Å². The average molecular weight is 304 g/mol. The fourth-order valence-electron chi connectivity index (χ4n) is 1.20. The highest BCUT2D eigenvalue weighted by molar-refractivity contribution is 7.69. The Bertz CT molecular complexity index is 586. The SMILES string of the molecule is O=C(CCl)N=c1cc(-c2ccc(Cl)cc2)ss1. The molecule has 88 valence electrons. The van der Waals surface area contributed by atoms with Crippen molar-refractivity contribution >= 4 is 49.8 Å². The Morgan fingerprint density at radius 2 is 1.94 bits per heavy atom. The van der Waals surface area contributed by atoms with Crippen LogP contribution in [0, 0.1) is 0 Å². The highest BCUT2D eigenvalue weighted by atomic mass is 35.5. The minimum absolute atomic E-state index is 0.0845. The van der Waals surface area contributed by atoms with Gasteiger partial charge in [-0.1, -0.05) is 44.4 Å². The molecular formula is C11H7Cl2NOS2. The molecule has 0 atom stereocenters. The summed E-state index contributed by atoms with van der Waals surface area (Å²) in [6.07, 6.45) is 0. The van der Waals surface area contributed by atoms with Gasteiger partial charge >= 0.3 is 0 Å². The molecule has 6 heteroatoms. The molecule has 2 nitrogen and oxygen atoms in total. The molecule has 1 amide bonds. The Balaban J connectivity index is 2.33. The molecule has 1 aromatic carbocycles. The molecule has 2 rings (SSSR count). The van der Waals surface area contributed by atoms with Gasteiger partial charge in [-0.2, -0.15) is 0 Å². The van der Waals surface area contributed by atoms with E-state index in [4.69, 9.17) is 23.2 Å². The predicted molar refractivity (Wildman–Crippen MR) is 73.9 cm³/mol. The molecule has 1 heterocycles. The molecule has 0 fully saturated rings. The Hall–Kier alpha value is -0.680. The van der Waals surface area contributed by atoms with Crippen molar-refractivity contribution in [3.63, 3.8) is 0 Å². The van der Waals surface area contributed by atoms with Crippen molar-refractivity contribution in [3.8, 4) is 10.4 Å². The molecule has 0 radical (unpaired) electrons. The molecule has 0 saturated heterocycles. The normalized spacial score (nSPS) is 11.8. The highest BCUT2D eigenvalue weighted by Crippen LogP contribution is 2.26. The summed E-state index contributed by atoms with van der Waals surface area (Å²) in [4.78, 5) is 16.0. The van der Waals surface area contributed by atoms with Crippen LogP contribution in [0.1, 0.15) is 0 Å². The second-order valence-electron chi connectivity index (χ2n) is 3.16. The zero-order valence-corrected chi connectivity index (χ0v) is 11.7. The van der Waals surface area contributed by atoms with Gasteiger partial charge in [0.25, 0.3) is 5.91 Å². The smallest absolute Gasteiger partial charge is 0.261 e. The number of carbonyl (C=O) groups excluding carboxylic acids is 1. The number of amides is 1. The monoisotopic (exact) mass is 303 g/mol. The summed E-state index contributed by atoms with van der Waals surface area (Å²) in [7, 11) is 3.03. The zero-order valence-electron chi connectivity index (χ0n) is 8.52. The fraction of sp³-hybridized carbons (Fsp3) is 0.0909. The first kappa shape index (κ1) is 12.8. The molecule has 0 unspecified atom stereocenters. The van der Waals surface area contributed by atoms with Crippen LogP contribution < -0.4 is 4.67 Å². The Labute approximate surface area is 116 Å². The molecular weight excluding hydrogens is 297 g/mol. The van der Waals surface area contributed by atoms with Crippen LogP contribution in [0.15, 0.2) is 35.3 Å². The number of alkyl halides is 1. The van der Waals surface area contributed by atoms with Crippen LogP contribution in [0.2, 0.25) is 5.02 Å². The van der Waals surface area contributed by atoms with E-state index >= 15 is 0 Å². The van der Waals surface area contributed by atoms with Crippen molar-refractivity contribution in [2.45, 2.75) is 0 Å². The summed E-state index contributed by atoms with van der Waals surface area (Å²) in [6.45, 7) is 0. The van der Waals surface area contributed by atoms with Crippen molar-refractivity contribution in [1.29, 1.82) is 0 Å². The number of benzene rings is 1. The van der Waals surface area contributed by atoms with Crippen LogP contribution in [-0.2, 0) is 4.79 Å². The van der Waals surface area contributed by atoms with Gasteiger partial charge in [-0.15, -0.1) is 11.6 Å². The van der Waals surface area contributed by atoms with Crippen LogP contribution in [0.4, 0.5) is 0 Å². The van der Waals surface area contributed by atoms with E-state index in [0.29, 0.717) is 9.69 Å². The fourth-order valence-corrected chi connectivity index (χ4v) is 3.54. The standard InChI is InChI=1S/C11H7Cl2NOS2/c12-6-10(15)14-11-5-9(16-17-11)7-1-3-8(13)4-2-7/h1-5H,6H2. The van der Waals surface area contributed by atoms with Crippen molar-refractivity contribution < 1.29 is 4.79 Å². The van der Waals surface area contributed by atoms with Crippen LogP contribution >= 0.6 is 43.9 Å². The number of hydrogen-bond donors (Lipinski definition) is 0. The first-order valence-corrected chi connectivity index (χ1v) is 7.75. The Morgan fingerprint density at radius 1 is 1.24 bits per heavy atom. The average Bonchev–Trinajstić information content (AvgIpc) is 2.78. The molecule has 2 aromatic rings. The van der Waals surface area contributed by atoms with E-state index in [1.807, 2.05) is 30.3 Å². The van der Waals surface area contributed by atoms with Gasteiger partial charge in [-0.3, -0.25) is 4.79 Å². The maximum atomic E-state index is 11.1. The van der Waals surface area contributed by atoms with E-state index in [-0.39, 0.29) is 11.8 Å². The largest absolute Gasteiger partial charge is 0.271 e. The first-order chi connectivity index (χ1) is 8.19. The third-order valence-electron chi connectivity index (χ3n) is 1.95. The summed E-state index contributed by atoms with van der Waals surface area (Å²) >= 11 is 11.2. The molecule has 0 N–H and O–H groups in total. The second-order valence-corrected chi connectivity index (χ2v) is 6.05. The minimum atomic E-state index is -0.316. The van der Waals surface area contributed by atoms with E-state index < -0.39 is 0 Å². The van der Waals surface area contributed by atoms with Gasteiger partial charge in [-0.25, -0.2) is 4.99 Å². The topological polar surface area (TPSA) is 29.4 Å². The third-order valence-corrected chi connectivity index (χ3v) is 4.73. The van der Waals surface area contributed by atoms with E-state index in [9.17, 15) is 4.79 Å². The number of carbonyl (C=O) groups is 1. The lowest BCUT2D eigenvalue weighted by molar-refractivity contribution is -0.115. The van der Waals surface area contributed by atoms with Gasteiger partial charge in [0.2, 0.25) is 0 Å². The summed E-state index contributed by atoms with van der Waals surface area (Å²) in [5.74, 6) is -0.401. The van der Waals surface area contributed by atoms with Gasteiger partial charge in [0, 0.05) is 9.90 Å². The van der Waals surface area contributed by atoms with Crippen molar-refractivity contribution in [2.24, 2.45) is 4.99 Å². The lowest BCUT2D eigenvalue weighted by atomic mass is 10.2. The van der Waals surface area contributed by atoms with Crippen molar-refractivity contribution in [3.05, 3.63) is 40.0 Å². The molecule has 0 aliphatic rings.